The Bertz CT molecular complexity index is 195. The van der Waals surface area contributed by atoms with E-state index < -0.39 is 0 Å². The first kappa shape index (κ1) is 7.58. The van der Waals surface area contributed by atoms with Gasteiger partial charge in [0.1, 0.15) is 0 Å². The lowest BCUT2D eigenvalue weighted by Gasteiger charge is -1.96. The molecule has 1 heterocycles. The number of alkyl halides is 1. The van der Waals surface area contributed by atoms with Crippen molar-refractivity contribution < 1.29 is 0 Å². The Morgan fingerprint density at radius 3 is 2.67 bits per heavy atom. The molecule has 1 aromatic heterocycles. The zero-order valence-corrected chi connectivity index (χ0v) is 8.05. The Morgan fingerprint density at radius 1 is 1.78 bits per heavy atom. The van der Waals surface area contributed by atoms with Gasteiger partial charge >= 0.3 is 0 Å². The topological polar surface area (TPSA) is 0 Å². The quantitative estimate of drug-likeness (QED) is 0.638. The molecule has 0 radical (unpaired) electrons. The summed E-state index contributed by atoms with van der Waals surface area (Å²) < 4.78 is 1.12. The Balaban J connectivity index is 2.94. The Hall–Kier alpha value is 0.470. The monoisotopic (exact) mass is 224 g/mol. The van der Waals surface area contributed by atoms with Crippen LogP contribution in [0.1, 0.15) is 17.2 Å². The SMILES string of the molecule is CC(Cl)c1sccc1Br. The van der Waals surface area contributed by atoms with Crippen molar-refractivity contribution in [2.45, 2.75) is 12.3 Å². The van der Waals surface area contributed by atoms with Crippen molar-refractivity contribution in [1.29, 1.82) is 0 Å². The fourth-order valence-electron chi connectivity index (χ4n) is 0.589. The van der Waals surface area contributed by atoms with Crippen LogP contribution in [0.4, 0.5) is 0 Å². The van der Waals surface area contributed by atoms with Gasteiger partial charge in [-0.3, -0.25) is 0 Å². The Labute approximate surface area is 72.0 Å². The van der Waals surface area contributed by atoms with Crippen molar-refractivity contribution in [3.63, 3.8) is 0 Å². The lowest BCUT2D eigenvalue weighted by Crippen LogP contribution is -1.75. The molecule has 1 rings (SSSR count). The van der Waals surface area contributed by atoms with Crippen LogP contribution in [0.15, 0.2) is 15.9 Å². The second-order valence-corrected chi connectivity index (χ2v) is 4.21. The summed E-state index contributed by atoms with van der Waals surface area (Å²) in [5.41, 5.74) is 0. The fraction of sp³-hybridized carbons (Fsp3) is 0.333. The number of hydrogen-bond donors (Lipinski definition) is 0. The van der Waals surface area contributed by atoms with Crippen LogP contribution in [-0.2, 0) is 0 Å². The highest BCUT2D eigenvalue weighted by molar-refractivity contribution is 9.10. The van der Waals surface area contributed by atoms with Gasteiger partial charge in [0.2, 0.25) is 0 Å². The van der Waals surface area contributed by atoms with Gasteiger partial charge in [0.25, 0.3) is 0 Å². The van der Waals surface area contributed by atoms with Gasteiger partial charge in [-0.1, -0.05) is 0 Å². The van der Waals surface area contributed by atoms with Crippen molar-refractivity contribution in [1.82, 2.24) is 0 Å². The maximum Gasteiger partial charge on any atom is 0.0661 e. The van der Waals surface area contributed by atoms with Crippen molar-refractivity contribution in [3.8, 4) is 0 Å². The van der Waals surface area contributed by atoms with E-state index in [9.17, 15) is 0 Å². The molecule has 0 amide bonds. The van der Waals surface area contributed by atoms with Crippen molar-refractivity contribution >= 4 is 38.9 Å². The molecule has 3 heteroatoms. The van der Waals surface area contributed by atoms with E-state index in [1.807, 2.05) is 18.4 Å². The van der Waals surface area contributed by atoms with Crippen LogP contribution in [0.25, 0.3) is 0 Å². The maximum atomic E-state index is 5.83. The normalized spacial score (nSPS) is 13.7. The number of rotatable bonds is 1. The molecule has 0 fully saturated rings. The van der Waals surface area contributed by atoms with Gasteiger partial charge < -0.3 is 0 Å². The van der Waals surface area contributed by atoms with Gasteiger partial charge in [-0.15, -0.1) is 22.9 Å². The van der Waals surface area contributed by atoms with Crippen LogP contribution in [0, 0.1) is 0 Å². The molecule has 0 aliphatic rings. The van der Waals surface area contributed by atoms with E-state index in [1.165, 1.54) is 4.88 Å². The van der Waals surface area contributed by atoms with Crippen LogP contribution in [0.2, 0.25) is 0 Å². The lowest BCUT2D eigenvalue weighted by molar-refractivity contribution is 1.12. The summed E-state index contributed by atoms with van der Waals surface area (Å²) in [6.45, 7) is 1.97. The van der Waals surface area contributed by atoms with Crippen LogP contribution >= 0.6 is 38.9 Å². The predicted molar refractivity (Wildman–Crippen MR) is 46.3 cm³/mol. The van der Waals surface area contributed by atoms with Gasteiger partial charge in [-0.05, 0) is 34.3 Å². The minimum absolute atomic E-state index is 0.124. The van der Waals surface area contributed by atoms with Gasteiger partial charge in [0, 0.05) is 9.35 Å². The summed E-state index contributed by atoms with van der Waals surface area (Å²) in [5, 5.41) is 2.15. The van der Waals surface area contributed by atoms with Crippen LogP contribution < -0.4 is 0 Å². The first-order valence-corrected chi connectivity index (χ1v) is 4.69. The first-order chi connectivity index (χ1) is 4.22. The summed E-state index contributed by atoms with van der Waals surface area (Å²) in [4.78, 5) is 1.21. The molecule has 0 N–H and O–H groups in total. The highest BCUT2D eigenvalue weighted by Gasteiger charge is 2.05. The van der Waals surface area contributed by atoms with E-state index >= 15 is 0 Å². The van der Waals surface area contributed by atoms with Gasteiger partial charge in [-0.25, -0.2) is 0 Å². The molecule has 1 unspecified atom stereocenters. The third-order valence-corrected chi connectivity index (χ3v) is 3.41. The molecule has 0 saturated heterocycles. The third-order valence-electron chi connectivity index (χ3n) is 1.01. The van der Waals surface area contributed by atoms with E-state index in [0.717, 1.165) is 4.47 Å². The molecule has 0 saturated carbocycles. The molecule has 0 nitrogen and oxygen atoms in total. The minimum atomic E-state index is 0.124. The Morgan fingerprint density at radius 2 is 2.44 bits per heavy atom. The molecular formula is C6H6BrClS. The summed E-state index contributed by atoms with van der Waals surface area (Å²) in [6, 6.07) is 2.01. The highest BCUT2D eigenvalue weighted by atomic mass is 79.9. The molecule has 0 aliphatic carbocycles. The molecular weight excluding hydrogens is 219 g/mol. The van der Waals surface area contributed by atoms with E-state index in [2.05, 4.69) is 15.9 Å². The van der Waals surface area contributed by atoms with Crippen molar-refractivity contribution in [3.05, 3.63) is 20.8 Å². The van der Waals surface area contributed by atoms with E-state index in [1.54, 1.807) is 11.3 Å². The lowest BCUT2D eigenvalue weighted by atomic mass is 10.4. The molecule has 1 aromatic rings. The molecule has 9 heavy (non-hydrogen) atoms. The average molecular weight is 226 g/mol. The third kappa shape index (κ3) is 1.69. The largest absolute Gasteiger partial charge is 0.146 e. The standard InChI is InChI=1S/C6H6BrClS/c1-4(8)6-5(7)2-3-9-6/h2-4H,1H3. The van der Waals surface area contributed by atoms with Crippen molar-refractivity contribution in [2.24, 2.45) is 0 Å². The predicted octanol–water partition coefficient (Wildman–Crippen LogP) is 3.81. The first-order valence-electron chi connectivity index (χ1n) is 2.59. The molecule has 0 spiro atoms. The fourth-order valence-corrected chi connectivity index (χ4v) is 2.64. The highest BCUT2D eigenvalue weighted by Crippen LogP contribution is 2.32. The van der Waals surface area contributed by atoms with E-state index in [0.29, 0.717) is 0 Å². The summed E-state index contributed by atoms with van der Waals surface area (Å²) in [5.74, 6) is 0. The zero-order chi connectivity index (χ0) is 6.85. The second-order valence-electron chi connectivity index (χ2n) is 1.75. The van der Waals surface area contributed by atoms with Gasteiger partial charge in [0.15, 0.2) is 0 Å². The van der Waals surface area contributed by atoms with E-state index in [4.69, 9.17) is 11.6 Å². The summed E-state index contributed by atoms with van der Waals surface area (Å²) in [6.07, 6.45) is 0. The molecule has 0 aliphatic heterocycles. The molecule has 0 bridgehead atoms. The van der Waals surface area contributed by atoms with Gasteiger partial charge in [0.05, 0.1) is 5.38 Å². The average Bonchev–Trinajstić information content (AvgIpc) is 2.13. The van der Waals surface area contributed by atoms with Gasteiger partial charge in [-0.2, -0.15) is 0 Å². The zero-order valence-electron chi connectivity index (χ0n) is 4.90. The number of thiophene rings is 1. The smallest absolute Gasteiger partial charge is 0.0661 e. The van der Waals surface area contributed by atoms with Crippen LogP contribution in [0.3, 0.4) is 0 Å². The Kier molecular flexibility index (Phi) is 2.56. The summed E-state index contributed by atoms with van der Waals surface area (Å²) >= 11 is 10.9. The maximum absolute atomic E-state index is 5.83. The van der Waals surface area contributed by atoms with Crippen LogP contribution in [-0.4, -0.2) is 0 Å². The van der Waals surface area contributed by atoms with E-state index in [-0.39, 0.29) is 5.38 Å². The number of halogens is 2. The van der Waals surface area contributed by atoms with Crippen molar-refractivity contribution in [2.75, 3.05) is 0 Å². The molecule has 1 atom stereocenters. The van der Waals surface area contributed by atoms with Crippen LogP contribution in [0.5, 0.6) is 0 Å². The number of hydrogen-bond acceptors (Lipinski definition) is 1. The molecule has 50 valence electrons. The summed E-state index contributed by atoms with van der Waals surface area (Å²) in [7, 11) is 0. The molecule has 0 aromatic carbocycles. The second kappa shape index (κ2) is 3.04. The minimum Gasteiger partial charge on any atom is -0.146 e.